The first-order valence-electron chi connectivity index (χ1n) is 15.4. The van der Waals surface area contributed by atoms with E-state index in [1.165, 1.54) is 28.0 Å². The van der Waals surface area contributed by atoms with Crippen LogP contribution in [0.25, 0.3) is 0 Å². The van der Waals surface area contributed by atoms with E-state index in [0.29, 0.717) is 30.6 Å². The molecule has 230 valence electrons. The monoisotopic (exact) mass is 598 g/mol. The van der Waals surface area contributed by atoms with Gasteiger partial charge in [0.25, 0.3) is 0 Å². The number of rotatable bonds is 10. The lowest BCUT2D eigenvalue weighted by atomic mass is 9.97. The zero-order valence-corrected chi connectivity index (χ0v) is 26.1. The summed E-state index contributed by atoms with van der Waals surface area (Å²) in [5.74, 6) is 0.662. The predicted molar refractivity (Wildman–Crippen MR) is 164 cm³/mol. The average Bonchev–Trinajstić information content (AvgIpc) is 3.00. The molecule has 0 radical (unpaired) electrons. The van der Waals surface area contributed by atoms with Gasteiger partial charge in [-0.2, -0.15) is 0 Å². The summed E-state index contributed by atoms with van der Waals surface area (Å²) in [6.07, 6.45) is 9.86. The summed E-state index contributed by atoms with van der Waals surface area (Å²) in [7, 11) is -1.46. The maximum absolute atomic E-state index is 13.1. The second-order valence-electron chi connectivity index (χ2n) is 12.2. The predicted octanol–water partition coefficient (Wildman–Crippen LogP) is 3.51. The summed E-state index contributed by atoms with van der Waals surface area (Å²) < 4.78 is 31.7. The van der Waals surface area contributed by atoms with Gasteiger partial charge in [-0.05, 0) is 70.5 Å². The molecule has 1 N–H and O–H groups in total. The number of piperidine rings is 2. The molecule has 3 aliphatic heterocycles. The Hall–Kier alpha value is -2.44. The lowest BCUT2D eigenvalue weighted by Crippen LogP contribution is -2.51. The molecular weight excluding hydrogens is 552 g/mol. The fraction of sp³-hybridized carbons (Fsp3) is 0.645. The molecule has 2 atom stereocenters. The fourth-order valence-electron chi connectivity index (χ4n) is 6.51. The van der Waals surface area contributed by atoms with Crippen molar-refractivity contribution in [3.8, 4) is 0 Å². The van der Waals surface area contributed by atoms with Gasteiger partial charge in [0.2, 0.25) is 10.0 Å². The molecule has 1 aromatic carbocycles. The van der Waals surface area contributed by atoms with E-state index in [2.05, 4.69) is 56.3 Å². The van der Waals surface area contributed by atoms with Crippen molar-refractivity contribution in [2.45, 2.75) is 76.2 Å². The molecule has 0 saturated carbocycles. The van der Waals surface area contributed by atoms with Gasteiger partial charge in [0.1, 0.15) is 17.8 Å². The van der Waals surface area contributed by atoms with Gasteiger partial charge in [-0.25, -0.2) is 22.7 Å². The van der Waals surface area contributed by atoms with Gasteiger partial charge in [-0.3, -0.25) is 9.69 Å². The van der Waals surface area contributed by atoms with Crippen LogP contribution >= 0.6 is 0 Å². The van der Waals surface area contributed by atoms with E-state index in [1.807, 2.05) is 0 Å². The second kappa shape index (κ2) is 13.9. The van der Waals surface area contributed by atoms with Crippen LogP contribution in [0.2, 0.25) is 0 Å². The number of nitrogens with one attached hydrogen (secondary N) is 1. The Balaban J connectivity index is 1.05. The third kappa shape index (κ3) is 8.13. The Morgan fingerprint density at radius 1 is 1.02 bits per heavy atom. The fourth-order valence-corrected chi connectivity index (χ4v) is 7.27. The highest BCUT2D eigenvalue weighted by atomic mass is 32.2. The van der Waals surface area contributed by atoms with Crippen LogP contribution in [0.3, 0.4) is 0 Å². The first kappa shape index (κ1) is 31.0. The Morgan fingerprint density at radius 2 is 1.74 bits per heavy atom. The van der Waals surface area contributed by atoms with Crippen LogP contribution in [0.5, 0.6) is 0 Å². The molecule has 42 heavy (non-hydrogen) atoms. The zero-order valence-electron chi connectivity index (χ0n) is 25.2. The van der Waals surface area contributed by atoms with Crippen LogP contribution in [0.1, 0.15) is 72.7 Å². The minimum Gasteiger partial charge on any atom is -0.368 e. The number of Topliss-reactive ketones (excluding diaryl/α,β-unsaturated/α-hetero) is 1. The third-order valence-electron chi connectivity index (χ3n) is 9.24. The molecule has 3 aliphatic rings. The van der Waals surface area contributed by atoms with Gasteiger partial charge < -0.3 is 15.0 Å². The van der Waals surface area contributed by atoms with Gasteiger partial charge in [0.15, 0.2) is 5.78 Å². The van der Waals surface area contributed by atoms with E-state index in [-0.39, 0.29) is 24.0 Å². The van der Waals surface area contributed by atoms with E-state index >= 15 is 0 Å². The summed E-state index contributed by atoms with van der Waals surface area (Å²) in [5.41, 5.74) is 2.92. The van der Waals surface area contributed by atoms with Gasteiger partial charge in [0.05, 0.1) is 25.0 Å². The summed E-state index contributed by atoms with van der Waals surface area (Å²) in [6, 6.07) is 10.9. The number of anilines is 1. The van der Waals surface area contributed by atoms with E-state index in [4.69, 9.17) is 4.74 Å². The van der Waals surface area contributed by atoms with Crippen LogP contribution in [0.4, 0.5) is 5.82 Å². The van der Waals surface area contributed by atoms with E-state index < -0.39 is 10.0 Å². The Kier molecular flexibility index (Phi) is 10.3. The number of ketones is 1. The molecule has 3 fully saturated rings. The molecule has 0 aliphatic carbocycles. The molecule has 0 amide bonds. The molecule has 1 aromatic heterocycles. The van der Waals surface area contributed by atoms with E-state index in [0.717, 1.165) is 71.1 Å². The highest BCUT2D eigenvalue weighted by Gasteiger charge is 2.32. The standard InChI is InChI=1S/C31H46N6O4S/c1-23-7-9-24(10-8-23)30-6-4-5-27(41-30)20-32-31-19-28(33-22-34-31)29(38)21-36-15-11-26(12-16-36)37-17-13-25(14-18-37)35(2)42(3,39)40/h7-10,19,22,25-27,30H,4-6,11-18,20-21H2,1-3H3,(H,32,33,34)/t27-,30+/m1/s1. The highest BCUT2D eigenvalue weighted by Crippen LogP contribution is 2.31. The first-order valence-corrected chi connectivity index (χ1v) is 17.2. The van der Waals surface area contributed by atoms with Crippen molar-refractivity contribution in [1.82, 2.24) is 24.1 Å². The number of benzene rings is 1. The second-order valence-corrected chi connectivity index (χ2v) is 14.3. The number of hydrogen-bond donors (Lipinski definition) is 1. The molecule has 2 aromatic rings. The van der Waals surface area contributed by atoms with Crippen molar-refractivity contribution in [3.05, 3.63) is 53.5 Å². The van der Waals surface area contributed by atoms with Crippen molar-refractivity contribution in [3.63, 3.8) is 0 Å². The van der Waals surface area contributed by atoms with Gasteiger partial charge in [-0.15, -0.1) is 0 Å². The smallest absolute Gasteiger partial charge is 0.211 e. The number of aryl methyl sites for hydroxylation is 1. The zero-order chi connectivity index (χ0) is 29.7. The number of hydrogen-bond acceptors (Lipinski definition) is 9. The average molecular weight is 599 g/mol. The van der Waals surface area contributed by atoms with Crippen LogP contribution in [0.15, 0.2) is 36.7 Å². The number of carbonyl (C=O) groups excluding carboxylic acids is 1. The minimum atomic E-state index is -3.15. The van der Waals surface area contributed by atoms with Gasteiger partial charge in [0, 0.05) is 44.8 Å². The Labute approximate surface area is 250 Å². The SMILES string of the molecule is Cc1ccc([C@@H]2CCC[C@H](CNc3cc(C(=O)CN4CCC(N5CCC(N(C)S(C)(=O)=O)CC5)CC4)ncn3)O2)cc1. The lowest BCUT2D eigenvalue weighted by molar-refractivity contribution is -0.0442. The number of nitrogens with zero attached hydrogens (tertiary/aromatic N) is 5. The number of ether oxygens (including phenoxy) is 1. The molecule has 11 heteroatoms. The molecule has 5 rings (SSSR count). The normalized spacial score (nSPS) is 23.7. The van der Waals surface area contributed by atoms with Crippen LogP contribution in [0, 0.1) is 6.92 Å². The molecule has 0 spiro atoms. The van der Waals surface area contributed by atoms with Crippen molar-refractivity contribution in [2.24, 2.45) is 0 Å². The first-order chi connectivity index (χ1) is 20.2. The number of likely N-dealkylation sites (tertiary alicyclic amines) is 2. The minimum absolute atomic E-state index is 0.0110. The van der Waals surface area contributed by atoms with Gasteiger partial charge >= 0.3 is 0 Å². The van der Waals surface area contributed by atoms with Crippen molar-refractivity contribution < 1.29 is 17.9 Å². The van der Waals surface area contributed by atoms with Gasteiger partial charge in [-0.1, -0.05) is 29.8 Å². The quantitative estimate of drug-likeness (QED) is 0.411. The van der Waals surface area contributed by atoms with Crippen LogP contribution in [-0.2, 0) is 14.8 Å². The number of sulfonamides is 1. The molecule has 4 heterocycles. The third-order valence-corrected chi connectivity index (χ3v) is 10.6. The van der Waals surface area contributed by atoms with Crippen LogP contribution < -0.4 is 5.32 Å². The summed E-state index contributed by atoms with van der Waals surface area (Å²) >= 11 is 0. The molecule has 0 unspecified atom stereocenters. The Morgan fingerprint density at radius 3 is 2.43 bits per heavy atom. The number of aromatic nitrogens is 2. The summed E-state index contributed by atoms with van der Waals surface area (Å²) in [5, 5.41) is 3.37. The lowest BCUT2D eigenvalue weighted by Gasteiger charge is -2.42. The van der Waals surface area contributed by atoms with Crippen molar-refractivity contribution in [2.75, 3.05) is 57.9 Å². The molecule has 3 saturated heterocycles. The topological polar surface area (TPSA) is 108 Å². The van der Waals surface area contributed by atoms with Crippen molar-refractivity contribution in [1.29, 1.82) is 0 Å². The largest absolute Gasteiger partial charge is 0.368 e. The molecule has 10 nitrogen and oxygen atoms in total. The molecular formula is C31H46N6O4S. The maximum Gasteiger partial charge on any atom is 0.211 e. The van der Waals surface area contributed by atoms with E-state index in [1.54, 1.807) is 13.1 Å². The van der Waals surface area contributed by atoms with Crippen LogP contribution in [-0.4, -0.2) is 109 Å². The number of carbonyl (C=O) groups is 1. The summed E-state index contributed by atoms with van der Waals surface area (Å²) in [6.45, 7) is 6.68. The molecule has 0 bridgehead atoms. The Bertz CT molecular complexity index is 1290. The highest BCUT2D eigenvalue weighted by molar-refractivity contribution is 7.88. The van der Waals surface area contributed by atoms with Crippen molar-refractivity contribution >= 4 is 21.6 Å². The maximum atomic E-state index is 13.1. The van der Waals surface area contributed by atoms with E-state index in [9.17, 15) is 13.2 Å². The summed E-state index contributed by atoms with van der Waals surface area (Å²) in [4.78, 5) is 26.5.